The number of hydrogen-bond donors (Lipinski definition) is 1. The predicted molar refractivity (Wildman–Crippen MR) is 91.8 cm³/mol. The lowest BCUT2D eigenvalue weighted by molar-refractivity contribution is 0.589. The van der Waals surface area contributed by atoms with E-state index in [2.05, 4.69) is 31.1 Å². The zero-order valence-electron chi connectivity index (χ0n) is 10.5. The first-order chi connectivity index (χ1) is 9.18. The molecule has 0 radical (unpaired) electrons. The minimum absolute atomic E-state index is 0. The molecule has 0 aliphatic carbocycles. The van der Waals surface area contributed by atoms with Crippen LogP contribution >= 0.6 is 51.5 Å². The van der Waals surface area contributed by atoms with Gasteiger partial charge in [-0.15, -0.1) is 12.4 Å². The molecule has 1 fully saturated rings. The van der Waals surface area contributed by atoms with E-state index in [0.717, 1.165) is 47.2 Å². The molecular formula is C13H13BrCl3N3. The second-order valence-corrected chi connectivity index (χ2v) is 6.11. The summed E-state index contributed by atoms with van der Waals surface area (Å²) in [7, 11) is 0. The van der Waals surface area contributed by atoms with Gasteiger partial charge in [0, 0.05) is 37.8 Å². The molecule has 0 saturated carbocycles. The molecule has 2 heterocycles. The fraction of sp³-hybridized carbons (Fsp3) is 0.308. The molecule has 108 valence electrons. The number of hydrogen-bond acceptors (Lipinski definition) is 3. The highest BCUT2D eigenvalue weighted by atomic mass is 79.9. The van der Waals surface area contributed by atoms with E-state index in [1.54, 1.807) is 12.3 Å². The van der Waals surface area contributed by atoms with Crippen LogP contribution in [0.3, 0.4) is 0 Å². The summed E-state index contributed by atoms with van der Waals surface area (Å²) in [5.41, 5.74) is 1.84. The fourth-order valence-electron chi connectivity index (χ4n) is 2.39. The molecule has 0 spiro atoms. The highest BCUT2D eigenvalue weighted by molar-refractivity contribution is 9.10. The Morgan fingerprint density at radius 1 is 1.15 bits per heavy atom. The van der Waals surface area contributed by atoms with Gasteiger partial charge in [0.2, 0.25) is 0 Å². The van der Waals surface area contributed by atoms with Crippen molar-refractivity contribution in [2.45, 2.75) is 0 Å². The van der Waals surface area contributed by atoms with Crippen molar-refractivity contribution >= 4 is 68.1 Å². The summed E-state index contributed by atoms with van der Waals surface area (Å²) in [6.07, 6.45) is 1.79. The Morgan fingerprint density at radius 3 is 2.50 bits per heavy atom. The second-order valence-electron chi connectivity index (χ2n) is 4.44. The van der Waals surface area contributed by atoms with Crippen LogP contribution in [-0.4, -0.2) is 31.2 Å². The van der Waals surface area contributed by atoms with E-state index in [-0.39, 0.29) is 12.4 Å². The maximum atomic E-state index is 6.36. The monoisotopic (exact) mass is 395 g/mol. The summed E-state index contributed by atoms with van der Waals surface area (Å²) < 4.78 is 0.950. The van der Waals surface area contributed by atoms with Crippen LogP contribution in [-0.2, 0) is 0 Å². The van der Waals surface area contributed by atoms with Crippen LogP contribution < -0.4 is 10.2 Å². The number of anilines is 1. The van der Waals surface area contributed by atoms with Gasteiger partial charge < -0.3 is 10.2 Å². The van der Waals surface area contributed by atoms with Crippen LogP contribution in [0, 0.1) is 0 Å². The van der Waals surface area contributed by atoms with Gasteiger partial charge in [0.25, 0.3) is 0 Å². The molecule has 1 aliphatic heterocycles. The number of benzene rings is 1. The van der Waals surface area contributed by atoms with E-state index in [1.165, 1.54) is 0 Å². The van der Waals surface area contributed by atoms with Crippen molar-refractivity contribution in [2.24, 2.45) is 0 Å². The average molecular weight is 398 g/mol. The molecule has 3 rings (SSSR count). The molecule has 1 aliphatic rings. The number of nitrogens with zero attached hydrogens (tertiary/aromatic N) is 2. The lowest BCUT2D eigenvalue weighted by Gasteiger charge is -2.31. The molecule has 1 aromatic carbocycles. The van der Waals surface area contributed by atoms with Crippen molar-refractivity contribution < 1.29 is 0 Å². The van der Waals surface area contributed by atoms with E-state index in [9.17, 15) is 0 Å². The van der Waals surface area contributed by atoms with Gasteiger partial charge in [-0.1, -0.05) is 23.2 Å². The molecule has 0 bridgehead atoms. The lowest BCUT2D eigenvalue weighted by atomic mass is 10.1. The number of fused-ring (bicyclic) bond motifs is 1. The number of aromatic nitrogens is 1. The summed E-state index contributed by atoms with van der Waals surface area (Å²) in [5.74, 6) is 0. The van der Waals surface area contributed by atoms with Crippen molar-refractivity contribution in [2.75, 3.05) is 31.1 Å². The fourth-order valence-corrected chi connectivity index (χ4v) is 3.39. The molecule has 1 aromatic heterocycles. The Balaban J connectivity index is 0.00000147. The van der Waals surface area contributed by atoms with Crippen molar-refractivity contribution in [1.29, 1.82) is 0 Å². The Morgan fingerprint density at radius 2 is 1.80 bits per heavy atom. The van der Waals surface area contributed by atoms with Crippen LogP contribution in [0.4, 0.5) is 5.69 Å². The molecule has 1 N–H and O–H groups in total. The predicted octanol–water partition coefficient (Wildman–Crippen LogP) is 4.14. The van der Waals surface area contributed by atoms with E-state index in [1.807, 2.05) is 6.07 Å². The third-order valence-electron chi connectivity index (χ3n) is 3.28. The molecule has 20 heavy (non-hydrogen) atoms. The minimum Gasteiger partial charge on any atom is -0.367 e. The van der Waals surface area contributed by atoms with Gasteiger partial charge in [-0.05, 0) is 28.1 Å². The zero-order valence-corrected chi connectivity index (χ0v) is 14.4. The topological polar surface area (TPSA) is 28.2 Å². The molecule has 0 atom stereocenters. The number of nitrogens with one attached hydrogen (secondary N) is 1. The van der Waals surface area contributed by atoms with Crippen molar-refractivity contribution in [3.8, 4) is 0 Å². The second kappa shape index (κ2) is 6.67. The van der Waals surface area contributed by atoms with Gasteiger partial charge in [-0.2, -0.15) is 0 Å². The van der Waals surface area contributed by atoms with Gasteiger partial charge in [-0.25, -0.2) is 0 Å². The third-order valence-corrected chi connectivity index (χ3v) is 4.48. The lowest BCUT2D eigenvalue weighted by Crippen LogP contribution is -2.43. The van der Waals surface area contributed by atoms with E-state index in [4.69, 9.17) is 23.2 Å². The summed E-state index contributed by atoms with van der Waals surface area (Å²) in [6.45, 7) is 3.82. The molecular weight excluding hydrogens is 384 g/mol. The van der Waals surface area contributed by atoms with E-state index in [0.29, 0.717) is 10.0 Å². The normalized spacial score (nSPS) is 15.2. The van der Waals surface area contributed by atoms with Crippen LogP contribution in [0.2, 0.25) is 10.0 Å². The average Bonchev–Trinajstić information content (AvgIpc) is 2.44. The van der Waals surface area contributed by atoms with Crippen LogP contribution in [0.5, 0.6) is 0 Å². The quantitative estimate of drug-likeness (QED) is 0.784. The largest absolute Gasteiger partial charge is 0.367 e. The Bertz CT molecular complexity index is 630. The van der Waals surface area contributed by atoms with Crippen LogP contribution in [0.15, 0.2) is 22.8 Å². The molecule has 3 nitrogen and oxygen atoms in total. The molecule has 1 saturated heterocycles. The molecule has 0 unspecified atom stereocenters. The smallest absolute Gasteiger partial charge is 0.0924 e. The summed E-state index contributed by atoms with van der Waals surface area (Å²) in [6, 6.07) is 3.61. The number of halogens is 4. The Hall–Kier alpha value is -0.260. The maximum absolute atomic E-state index is 6.36. The van der Waals surface area contributed by atoms with Crippen LogP contribution in [0.25, 0.3) is 10.9 Å². The molecule has 2 aromatic rings. The third kappa shape index (κ3) is 2.85. The van der Waals surface area contributed by atoms with Crippen molar-refractivity contribution in [3.63, 3.8) is 0 Å². The van der Waals surface area contributed by atoms with Crippen molar-refractivity contribution in [1.82, 2.24) is 10.3 Å². The van der Waals surface area contributed by atoms with Gasteiger partial charge in [-0.3, -0.25) is 4.98 Å². The molecule has 0 amide bonds. The van der Waals surface area contributed by atoms with Gasteiger partial charge >= 0.3 is 0 Å². The number of pyridine rings is 1. The van der Waals surface area contributed by atoms with Gasteiger partial charge in [0.1, 0.15) is 0 Å². The number of rotatable bonds is 1. The first kappa shape index (κ1) is 16.1. The van der Waals surface area contributed by atoms with E-state index < -0.39 is 0 Å². The van der Waals surface area contributed by atoms with Crippen LogP contribution in [0.1, 0.15) is 0 Å². The van der Waals surface area contributed by atoms with E-state index >= 15 is 0 Å². The maximum Gasteiger partial charge on any atom is 0.0924 e. The first-order valence-electron chi connectivity index (χ1n) is 6.06. The van der Waals surface area contributed by atoms with Gasteiger partial charge in [0.15, 0.2) is 0 Å². The molecule has 7 heteroatoms. The Kier molecular flexibility index (Phi) is 5.37. The number of piperazine rings is 1. The highest BCUT2D eigenvalue weighted by Gasteiger charge is 2.19. The summed E-state index contributed by atoms with van der Waals surface area (Å²) in [5, 5.41) is 5.58. The summed E-state index contributed by atoms with van der Waals surface area (Å²) in [4.78, 5) is 6.70. The highest BCUT2D eigenvalue weighted by Crippen LogP contribution is 2.39. The first-order valence-corrected chi connectivity index (χ1v) is 7.61. The zero-order chi connectivity index (χ0) is 13.4. The Labute approximate surface area is 142 Å². The van der Waals surface area contributed by atoms with Gasteiger partial charge in [0.05, 0.1) is 25.7 Å². The summed E-state index contributed by atoms with van der Waals surface area (Å²) >= 11 is 16.2. The SMILES string of the molecule is Cl.Clc1ccc(Cl)c2c(N3CCNCC3)c(Br)cnc12. The minimum atomic E-state index is 0. The standard InChI is InChI=1S/C13H12BrCl2N3.ClH/c14-8-7-18-12-10(16)2-1-9(15)11(12)13(8)19-5-3-17-4-6-19;/h1-2,7,17H,3-6H2;1H. The van der Waals surface area contributed by atoms with Crippen molar-refractivity contribution in [3.05, 3.63) is 32.8 Å².